The molecule has 1 aromatic rings. The molecular weight excluding hydrogens is 242 g/mol. The van der Waals surface area contributed by atoms with Crippen LogP contribution in [0.2, 0.25) is 0 Å². The highest BCUT2D eigenvalue weighted by atomic mass is 32.2. The second-order valence-corrected chi connectivity index (χ2v) is 5.98. The van der Waals surface area contributed by atoms with Crippen LogP contribution in [0.25, 0.3) is 0 Å². The highest BCUT2D eigenvalue weighted by molar-refractivity contribution is 7.89. The number of hydrogen-bond acceptors (Lipinski definition) is 3. The monoisotopic (exact) mass is 257 g/mol. The van der Waals surface area contributed by atoms with Crippen LogP contribution in [0.15, 0.2) is 29.2 Å². The average molecular weight is 257 g/mol. The Kier molecular flexibility index (Phi) is 4.25. The van der Waals surface area contributed by atoms with Crippen molar-refractivity contribution in [2.75, 3.05) is 14.1 Å². The molecule has 6 heteroatoms. The maximum Gasteiger partial charge on any atom is 0.303 e. The molecule has 0 fully saturated rings. The minimum absolute atomic E-state index is 0.0414. The van der Waals surface area contributed by atoms with Gasteiger partial charge in [-0.15, -0.1) is 0 Å². The van der Waals surface area contributed by atoms with Gasteiger partial charge in [0, 0.05) is 20.5 Å². The first kappa shape index (κ1) is 13.7. The largest absolute Gasteiger partial charge is 0.481 e. The Balaban J connectivity index is 2.85. The van der Waals surface area contributed by atoms with Crippen LogP contribution in [-0.2, 0) is 21.2 Å². The normalized spacial score (nSPS) is 11.7. The summed E-state index contributed by atoms with van der Waals surface area (Å²) in [6, 6.07) is 6.26. The first-order chi connectivity index (χ1) is 7.84. The Labute approximate surface area is 101 Å². The summed E-state index contributed by atoms with van der Waals surface area (Å²) in [5.74, 6) is -0.866. The Bertz CT molecular complexity index is 491. The zero-order chi connectivity index (χ0) is 13.1. The summed E-state index contributed by atoms with van der Waals surface area (Å²) in [7, 11) is -0.476. The Hall–Kier alpha value is -1.40. The third-order valence-electron chi connectivity index (χ3n) is 2.33. The highest BCUT2D eigenvalue weighted by Crippen LogP contribution is 2.14. The van der Waals surface area contributed by atoms with Gasteiger partial charge >= 0.3 is 5.97 Å². The second kappa shape index (κ2) is 5.29. The molecule has 0 aromatic heterocycles. The van der Waals surface area contributed by atoms with Crippen LogP contribution in [-0.4, -0.2) is 37.9 Å². The van der Waals surface area contributed by atoms with E-state index < -0.39 is 16.0 Å². The maximum atomic E-state index is 11.7. The molecule has 0 aliphatic heterocycles. The van der Waals surface area contributed by atoms with Gasteiger partial charge in [-0.25, -0.2) is 12.7 Å². The standard InChI is InChI=1S/C11H15NO4S/c1-12(2)17(15,16)10-6-3-9(4-7-10)5-8-11(13)14/h3-4,6-7H,5,8H2,1-2H3,(H,13,14). The smallest absolute Gasteiger partial charge is 0.303 e. The van der Waals surface area contributed by atoms with Gasteiger partial charge in [0.05, 0.1) is 4.90 Å². The van der Waals surface area contributed by atoms with Crippen molar-refractivity contribution >= 4 is 16.0 Å². The molecule has 94 valence electrons. The van der Waals surface area contributed by atoms with E-state index in [9.17, 15) is 13.2 Å². The number of sulfonamides is 1. The molecule has 17 heavy (non-hydrogen) atoms. The lowest BCUT2D eigenvalue weighted by Crippen LogP contribution is -2.22. The predicted molar refractivity (Wildman–Crippen MR) is 63.3 cm³/mol. The third-order valence-corrected chi connectivity index (χ3v) is 4.16. The van der Waals surface area contributed by atoms with E-state index in [-0.39, 0.29) is 11.3 Å². The van der Waals surface area contributed by atoms with Crippen molar-refractivity contribution in [1.82, 2.24) is 4.31 Å². The number of carbonyl (C=O) groups is 1. The Morgan fingerprint density at radius 1 is 1.24 bits per heavy atom. The predicted octanol–water partition coefficient (Wildman–Crippen LogP) is 0.954. The van der Waals surface area contributed by atoms with Gasteiger partial charge in [0.25, 0.3) is 0 Å². The van der Waals surface area contributed by atoms with Crippen molar-refractivity contribution in [3.05, 3.63) is 29.8 Å². The second-order valence-electron chi connectivity index (χ2n) is 3.83. The van der Waals surface area contributed by atoms with Gasteiger partial charge in [0.2, 0.25) is 10.0 Å². The lowest BCUT2D eigenvalue weighted by Gasteiger charge is -2.11. The lowest BCUT2D eigenvalue weighted by atomic mass is 10.1. The van der Waals surface area contributed by atoms with Gasteiger partial charge in [-0.3, -0.25) is 4.79 Å². The van der Waals surface area contributed by atoms with E-state index >= 15 is 0 Å². The number of hydrogen-bond donors (Lipinski definition) is 1. The molecule has 1 N–H and O–H groups in total. The average Bonchev–Trinajstić information content (AvgIpc) is 2.26. The van der Waals surface area contributed by atoms with Crippen LogP contribution in [0, 0.1) is 0 Å². The number of benzene rings is 1. The summed E-state index contributed by atoms with van der Waals surface area (Å²) >= 11 is 0. The third kappa shape index (κ3) is 3.54. The number of carboxylic acids is 1. The summed E-state index contributed by atoms with van der Waals surface area (Å²) in [5.41, 5.74) is 0.810. The minimum Gasteiger partial charge on any atom is -0.481 e. The number of aryl methyl sites for hydroxylation is 1. The molecule has 1 aromatic carbocycles. The molecule has 0 aliphatic rings. The fourth-order valence-corrected chi connectivity index (χ4v) is 2.19. The molecule has 0 heterocycles. The molecule has 0 radical (unpaired) electrons. The fourth-order valence-electron chi connectivity index (χ4n) is 1.29. The molecule has 0 saturated carbocycles. The Morgan fingerprint density at radius 2 is 1.76 bits per heavy atom. The van der Waals surface area contributed by atoms with Gasteiger partial charge in [-0.05, 0) is 24.1 Å². The SMILES string of the molecule is CN(C)S(=O)(=O)c1ccc(CCC(=O)O)cc1. The molecule has 0 bridgehead atoms. The summed E-state index contributed by atoms with van der Waals surface area (Å²) < 4.78 is 24.6. The van der Waals surface area contributed by atoms with E-state index in [1.165, 1.54) is 26.2 Å². The molecule has 5 nitrogen and oxygen atoms in total. The summed E-state index contributed by atoms with van der Waals surface area (Å²) in [6.07, 6.45) is 0.442. The van der Waals surface area contributed by atoms with E-state index in [1.807, 2.05) is 0 Å². The van der Waals surface area contributed by atoms with Crippen molar-refractivity contribution in [3.8, 4) is 0 Å². The van der Waals surface area contributed by atoms with Gasteiger partial charge in [-0.2, -0.15) is 0 Å². The van der Waals surface area contributed by atoms with Crippen LogP contribution in [0.5, 0.6) is 0 Å². The summed E-state index contributed by atoms with van der Waals surface area (Å²) in [4.78, 5) is 10.6. The van der Waals surface area contributed by atoms with Crippen molar-refractivity contribution < 1.29 is 18.3 Å². The first-order valence-electron chi connectivity index (χ1n) is 5.07. The van der Waals surface area contributed by atoms with Crippen molar-refractivity contribution in [2.45, 2.75) is 17.7 Å². The fraction of sp³-hybridized carbons (Fsp3) is 0.364. The minimum atomic E-state index is -3.41. The zero-order valence-corrected chi connectivity index (χ0v) is 10.6. The summed E-state index contributed by atoms with van der Waals surface area (Å²) in [5, 5.41) is 8.53. The van der Waals surface area contributed by atoms with E-state index in [2.05, 4.69) is 0 Å². The van der Waals surface area contributed by atoms with Gasteiger partial charge in [0.1, 0.15) is 0 Å². The molecular formula is C11H15NO4S. The van der Waals surface area contributed by atoms with Crippen molar-refractivity contribution in [3.63, 3.8) is 0 Å². The van der Waals surface area contributed by atoms with Crippen LogP contribution < -0.4 is 0 Å². The van der Waals surface area contributed by atoms with E-state index in [0.717, 1.165) is 9.87 Å². The van der Waals surface area contributed by atoms with E-state index in [1.54, 1.807) is 12.1 Å². The topological polar surface area (TPSA) is 74.7 Å². The highest BCUT2D eigenvalue weighted by Gasteiger charge is 2.16. The summed E-state index contributed by atoms with van der Waals surface area (Å²) in [6.45, 7) is 0. The van der Waals surface area contributed by atoms with E-state index in [4.69, 9.17) is 5.11 Å². The van der Waals surface area contributed by atoms with Gasteiger partial charge in [0.15, 0.2) is 0 Å². The van der Waals surface area contributed by atoms with Crippen molar-refractivity contribution in [1.29, 1.82) is 0 Å². The van der Waals surface area contributed by atoms with Crippen LogP contribution in [0.4, 0.5) is 0 Å². The van der Waals surface area contributed by atoms with Gasteiger partial charge in [-0.1, -0.05) is 12.1 Å². The number of nitrogens with zero attached hydrogens (tertiary/aromatic N) is 1. The number of carboxylic acid groups (broad SMARTS) is 1. The Morgan fingerprint density at radius 3 is 2.18 bits per heavy atom. The molecule has 1 rings (SSSR count). The van der Waals surface area contributed by atoms with Crippen LogP contribution in [0.3, 0.4) is 0 Å². The zero-order valence-electron chi connectivity index (χ0n) is 9.75. The molecule has 0 saturated heterocycles. The maximum absolute atomic E-state index is 11.7. The van der Waals surface area contributed by atoms with E-state index in [0.29, 0.717) is 6.42 Å². The van der Waals surface area contributed by atoms with Crippen molar-refractivity contribution in [2.24, 2.45) is 0 Å². The molecule has 0 aliphatic carbocycles. The lowest BCUT2D eigenvalue weighted by molar-refractivity contribution is -0.136. The van der Waals surface area contributed by atoms with Crippen LogP contribution in [0.1, 0.15) is 12.0 Å². The number of aliphatic carboxylic acids is 1. The molecule has 0 atom stereocenters. The van der Waals surface area contributed by atoms with Gasteiger partial charge < -0.3 is 5.11 Å². The first-order valence-corrected chi connectivity index (χ1v) is 6.51. The molecule has 0 unspecified atom stereocenters. The van der Waals surface area contributed by atoms with Crippen LogP contribution >= 0.6 is 0 Å². The molecule has 0 spiro atoms. The quantitative estimate of drug-likeness (QED) is 0.852. The molecule has 0 amide bonds. The number of rotatable bonds is 5.